The third-order valence-electron chi connectivity index (χ3n) is 10.1. The van der Waals surface area contributed by atoms with E-state index in [0.717, 1.165) is 49.7 Å². The second kappa shape index (κ2) is 38.2. The molecule has 0 aliphatic heterocycles. The molecule has 3 nitrogen and oxygen atoms in total. The van der Waals surface area contributed by atoms with Crippen LogP contribution >= 0.6 is 0 Å². The van der Waals surface area contributed by atoms with Crippen LogP contribution in [0.2, 0.25) is 0 Å². The normalized spacial score (nSPS) is 13.3. The zero-order chi connectivity index (χ0) is 39.0. The molecule has 0 heterocycles. The monoisotopic (exact) mass is 755 g/mol. The summed E-state index contributed by atoms with van der Waals surface area (Å²) in [6.07, 6.45) is 50.3. The van der Waals surface area contributed by atoms with E-state index in [1.165, 1.54) is 128 Å². The lowest BCUT2D eigenvalue weighted by molar-refractivity contribution is -0.255. The molecule has 2 atom stereocenters. The molecular weight excluding hydrogens is 673 g/mol. The van der Waals surface area contributed by atoms with Gasteiger partial charge in [-0.2, -0.15) is 0 Å². The maximum absolute atomic E-state index is 6.62. The zero-order valence-electron chi connectivity index (χ0n) is 35.6. The van der Waals surface area contributed by atoms with E-state index in [0.29, 0.717) is 13.2 Å². The molecule has 2 aromatic carbocycles. The van der Waals surface area contributed by atoms with Gasteiger partial charge in [0.1, 0.15) is 0 Å². The van der Waals surface area contributed by atoms with Crippen molar-refractivity contribution in [1.29, 1.82) is 0 Å². The highest BCUT2D eigenvalue weighted by Gasteiger charge is 2.18. The van der Waals surface area contributed by atoms with E-state index in [9.17, 15) is 0 Å². The first-order valence-corrected chi connectivity index (χ1v) is 22.9. The number of benzene rings is 2. The molecule has 3 heteroatoms. The van der Waals surface area contributed by atoms with Gasteiger partial charge in [0.2, 0.25) is 0 Å². The highest BCUT2D eigenvalue weighted by molar-refractivity contribution is 5.14. The first-order valence-electron chi connectivity index (χ1n) is 22.9. The van der Waals surface area contributed by atoms with Crippen LogP contribution in [0.25, 0.3) is 0 Å². The van der Waals surface area contributed by atoms with Crippen molar-refractivity contribution in [2.45, 2.75) is 207 Å². The Morgan fingerprint density at radius 1 is 0.364 bits per heavy atom. The van der Waals surface area contributed by atoms with Crippen molar-refractivity contribution in [3.8, 4) is 0 Å². The SMILES string of the molecule is CCCC/C=C/CCCCCCCC/C=C\CCC(OCc1ccccc1)OC(CC/C=C\CCCCCCCC/C=C/CCCC)OCc1ccccc1. The molecule has 0 aliphatic rings. The number of hydrogen-bond donors (Lipinski definition) is 0. The second-order valence-corrected chi connectivity index (χ2v) is 15.3. The minimum absolute atomic E-state index is 0.326. The Hall–Kier alpha value is -2.72. The molecule has 0 amide bonds. The number of hydrogen-bond acceptors (Lipinski definition) is 3. The molecule has 2 unspecified atom stereocenters. The maximum atomic E-state index is 6.62. The van der Waals surface area contributed by atoms with Crippen LogP contribution in [0.3, 0.4) is 0 Å². The van der Waals surface area contributed by atoms with Crippen LogP contribution in [-0.4, -0.2) is 12.6 Å². The number of unbranched alkanes of at least 4 members (excludes halogenated alkanes) is 18. The first kappa shape index (κ1) is 48.4. The van der Waals surface area contributed by atoms with Crippen molar-refractivity contribution in [3.05, 3.63) is 120 Å². The maximum Gasteiger partial charge on any atom is 0.161 e. The van der Waals surface area contributed by atoms with E-state index in [1.807, 2.05) is 12.1 Å². The minimum atomic E-state index is -0.326. The molecule has 0 N–H and O–H groups in total. The summed E-state index contributed by atoms with van der Waals surface area (Å²) in [5, 5.41) is 0. The van der Waals surface area contributed by atoms with E-state index in [-0.39, 0.29) is 12.6 Å². The second-order valence-electron chi connectivity index (χ2n) is 15.3. The predicted octanol–water partition coefficient (Wildman–Crippen LogP) is 16.5. The fraction of sp³-hybridized carbons (Fsp3) is 0.615. The Kier molecular flexibility index (Phi) is 33.6. The number of rotatable bonds is 38. The topological polar surface area (TPSA) is 27.7 Å². The van der Waals surface area contributed by atoms with Crippen LogP contribution in [0.5, 0.6) is 0 Å². The van der Waals surface area contributed by atoms with Gasteiger partial charge in [-0.3, -0.25) is 0 Å². The van der Waals surface area contributed by atoms with Crippen molar-refractivity contribution in [2.75, 3.05) is 0 Å². The zero-order valence-corrected chi connectivity index (χ0v) is 35.6. The quantitative estimate of drug-likeness (QED) is 0.0388. The summed E-state index contributed by atoms with van der Waals surface area (Å²) >= 11 is 0. The number of allylic oxidation sites excluding steroid dienone is 8. The summed E-state index contributed by atoms with van der Waals surface area (Å²) < 4.78 is 19.4. The van der Waals surface area contributed by atoms with E-state index in [2.05, 4.69) is 111 Å². The Bertz CT molecular complexity index is 1090. The van der Waals surface area contributed by atoms with Gasteiger partial charge in [-0.15, -0.1) is 0 Å². The molecule has 0 saturated carbocycles. The van der Waals surface area contributed by atoms with Gasteiger partial charge in [-0.1, -0.05) is 200 Å². The van der Waals surface area contributed by atoms with Gasteiger partial charge in [0, 0.05) is 12.8 Å². The van der Waals surface area contributed by atoms with Crippen molar-refractivity contribution in [3.63, 3.8) is 0 Å². The molecule has 0 bridgehead atoms. The molecular formula is C52H82O3. The summed E-state index contributed by atoms with van der Waals surface area (Å²) in [5.74, 6) is 0. The van der Waals surface area contributed by atoms with Crippen LogP contribution in [0, 0.1) is 0 Å². The third kappa shape index (κ3) is 31.1. The lowest BCUT2D eigenvalue weighted by atomic mass is 10.1. The Balaban J connectivity index is 1.74. The van der Waals surface area contributed by atoms with Crippen molar-refractivity contribution >= 4 is 0 Å². The first-order chi connectivity index (χ1) is 27.3. The molecule has 2 rings (SSSR count). The molecule has 55 heavy (non-hydrogen) atoms. The van der Waals surface area contributed by atoms with Gasteiger partial charge in [0.25, 0.3) is 0 Å². The van der Waals surface area contributed by atoms with Crippen molar-refractivity contribution in [2.24, 2.45) is 0 Å². The fourth-order valence-corrected chi connectivity index (χ4v) is 6.59. The van der Waals surface area contributed by atoms with Gasteiger partial charge >= 0.3 is 0 Å². The summed E-state index contributed by atoms with van der Waals surface area (Å²) in [4.78, 5) is 0. The van der Waals surface area contributed by atoms with Crippen molar-refractivity contribution in [1.82, 2.24) is 0 Å². The van der Waals surface area contributed by atoms with Crippen LogP contribution in [0.1, 0.15) is 192 Å². The minimum Gasteiger partial charge on any atom is -0.348 e. The van der Waals surface area contributed by atoms with E-state index in [4.69, 9.17) is 14.2 Å². The predicted molar refractivity (Wildman–Crippen MR) is 239 cm³/mol. The lowest BCUT2D eigenvalue weighted by Gasteiger charge is -2.25. The fourth-order valence-electron chi connectivity index (χ4n) is 6.59. The molecule has 0 radical (unpaired) electrons. The summed E-state index contributed by atoms with van der Waals surface area (Å²) in [6.45, 7) is 5.59. The molecule has 2 aromatic rings. The van der Waals surface area contributed by atoms with Crippen LogP contribution in [0.4, 0.5) is 0 Å². The largest absolute Gasteiger partial charge is 0.348 e. The average Bonchev–Trinajstić information content (AvgIpc) is 3.22. The van der Waals surface area contributed by atoms with Gasteiger partial charge in [-0.25, -0.2) is 0 Å². The van der Waals surface area contributed by atoms with Crippen LogP contribution in [-0.2, 0) is 27.4 Å². The highest BCUT2D eigenvalue weighted by Crippen LogP contribution is 2.18. The van der Waals surface area contributed by atoms with Gasteiger partial charge in [0.15, 0.2) is 12.6 Å². The third-order valence-corrected chi connectivity index (χ3v) is 10.1. The summed E-state index contributed by atoms with van der Waals surface area (Å²) in [7, 11) is 0. The Morgan fingerprint density at radius 2 is 0.655 bits per heavy atom. The van der Waals surface area contributed by atoms with Gasteiger partial charge in [-0.05, 0) is 88.2 Å². The van der Waals surface area contributed by atoms with E-state index >= 15 is 0 Å². The molecule has 0 spiro atoms. The standard InChI is InChI=1S/C52H82O3/c1-3-5-7-9-11-13-15-17-19-21-23-25-27-29-31-39-45-51(53-47-49-41-35-33-36-42-49)55-52(54-48-50-43-37-34-38-44-50)46-40-32-30-28-26-24-22-20-18-16-14-12-10-8-6-4-2/h9-12,29-38,41-44,51-52H,3-8,13-28,39-40,45-48H2,1-2H3/b11-9+,12-10+,31-29-,32-30-. The summed E-state index contributed by atoms with van der Waals surface area (Å²) in [5.41, 5.74) is 2.32. The smallest absolute Gasteiger partial charge is 0.161 e. The van der Waals surface area contributed by atoms with Crippen LogP contribution < -0.4 is 0 Å². The Labute approximate surface area is 340 Å². The molecule has 0 aliphatic carbocycles. The Morgan fingerprint density at radius 3 is 0.982 bits per heavy atom. The molecule has 0 saturated heterocycles. The lowest BCUT2D eigenvalue weighted by Crippen LogP contribution is -2.27. The van der Waals surface area contributed by atoms with Gasteiger partial charge < -0.3 is 14.2 Å². The molecule has 0 fully saturated rings. The van der Waals surface area contributed by atoms with E-state index in [1.54, 1.807) is 0 Å². The van der Waals surface area contributed by atoms with Gasteiger partial charge in [0.05, 0.1) is 13.2 Å². The average molecular weight is 755 g/mol. The van der Waals surface area contributed by atoms with Crippen LogP contribution in [0.15, 0.2) is 109 Å². The molecule has 308 valence electrons. The molecule has 0 aromatic heterocycles. The highest BCUT2D eigenvalue weighted by atomic mass is 16.8. The number of ether oxygens (including phenoxy) is 3. The summed E-state index contributed by atoms with van der Waals surface area (Å²) in [6, 6.07) is 20.8. The van der Waals surface area contributed by atoms with Crippen molar-refractivity contribution < 1.29 is 14.2 Å². The van der Waals surface area contributed by atoms with E-state index < -0.39 is 0 Å².